The normalized spacial score (nSPS) is 23.9. The van der Waals surface area contributed by atoms with Gasteiger partial charge in [0.05, 0.1) is 11.7 Å². The number of hydrogen-bond donors (Lipinski definition) is 1. The first kappa shape index (κ1) is 16.0. The molecule has 1 saturated heterocycles. The van der Waals surface area contributed by atoms with E-state index in [9.17, 15) is 18.3 Å². The third kappa shape index (κ3) is 3.83. The first-order chi connectivity index (χ1) is 9.92. The Morgan fingerprint density at radius 3 is 2.62 bits per heavy atom. The molecule has 21 heavy (non-hydrogen) atoms. The van der Waals surface area contributed by atoms with Gasteiger partial charge in [0.25, 0.3) is 0 Å². The minimum Gasteiger partial charge on any atom is -0.481 e. The van der Waals surface area contributed by atoms with E-state index in [0.29, 0.717) is 25.8 Å². The highest BCUT2D eigenvalue weighted by Crippen LogP contribution is 2.26. The summed E-state index contributed by atoms with van der Waals surface area (Å²) in [5.74, 6) is -1.50. The summed E-state index contributed by atoms with van der Waals surface area (Å²) >= 11 is 0. The highest BCUT2D eigenvalue weighted by molar-refractivity contribution is 7.89. The monoisotopic (exact) mass is 311 g/mol. The number of hydrogen-bond acceptors (Lipinski definition) is 3. The van der Waals surface area contributed by atoms with E-state index in [-0.39, 0.29) is 5.75 Å². The van der Waals surface area contributed by atoms with Crippen LogP contribution in [0.4, 0.5) is 0 Å². The molecule has 0 saturated carbocycles. The van der Waals surface area contributed by atoms with Crippen molar-refractivity contribution in [1.82, 2.24) is 4.31 Å². The molecule has 2 rings (SSSR count). The lowest BCUT2D eigenvalue weighted by molar-refractivity contribution is -0.144. The minimum atomic E-state index is -3.43. The highest BCUT2D eigenvalue weighted by atomic mass is 32.2. The summed E-state index contributed by atoms with van der Waals surface area (Å²) in [5, 5.41) is 9.18. The third-order valence-corrected chi connectivity index (χ3v) is 6.05. The van der Waals surface area contributed by atoms with E-state index >= 15 is 0 Å². The summed E-state index contributed by atoms with van der Waals surface area (Å²) in [6.45, 7) is 2.11. The second kappa shape index (κ2) is 6.58. The molecule has 6 heteroatoms. The first-order valence-electron chi connectivity index (χ1n) is 7.18. The Morgan fingerprint density at radius 1 is 1.33 bits per heavy atom. The Balaban J connectivity index is 2.06. The van der Waals surface area contributed by atoms with Crippen LogP contribution in [0.5, 0.6) is 0 Å². The lowest BCUT2D eigenvalue weighted by atomic mass is 9.92. The molecule has 116 valence electrons. The van der Waals surface area contributed by atoms with E-state index in [0.717, 1.165) is 5.56 Å². The van der Waals surface area contributed by atoms with Crippen LogP contribution >= 0.6 is 0 Å². The predicted molar refractivity (Wildman–Crippen MR) is 80.5 cm³/mol. The van der Waals surface area contributed by atoms with Crippen molar-refractivity contribution in [3.8, 4) is 0 Å². The summed E-state index contributed by atoms with van der Waals surface area (Å²) in [7, 11) is -3.43. The van der Waals surface area contributed by atoms with E-state index in [2.05, 4.69) is 0 Å². The summed E-state index contributed by atoms with van der Waals surface area (Å²) in [5.41, 5.74) is 0.973. The van der Waals surface area contributed by atoms with Crippen molar-refractivity contribution in [2.24, 2.45) is 5.92 Å². The third-order valence-electron chi connectivity index (χ3n) is 4.10. The van der Waals surface area contributed by atoms with E-state index in [1.165, 1.54) is 4.31 Å². The van der Waals surface area contributed by atoms with Crippen LogP contribution in [0.1, 0.15) is 25.3 Å². The Morgan fingerprint density at radius 2 is 2.00 bits per heavy atom. The van der Waals surface area contributed by atoms with Gasteiger partial charge in [0.2, 0.25) is 10.0 Å². The van der Waals surface area contributed by atoms with Gasteiger partial charge in [-0.3, -0.25) is 4.79 Å². The predicted octanol–water partition coefficient (Wildman–Crippen LogP) is 1.74. The maximum absolute atomic E-state index is 12.5. The number of benzene rings is 1. The fraction of sp³-hybridized carbons (Fsp3) is 0.533. The zero-order valence-electron chi connectivity index (χ0n) is 12.1. The number of rotatable bonds is 5. The molecule has 1 fully saturated rings. The fourth-order valence-corrected chi connectivity index (χ4v) is 4.63. The zero-order valence-corrected chi connectivity index (χ0v) is 12.9. The van der Waals surface area contributed by atoms with Crippen LogP contribution < -0.4 is 0 Å². The van der Waals surface area contributed by atoms with Crippen molar-refractivity contribution >= 4 is 16.0 Å². The molecule has 1 N–H and O–H groups in total. The molecule has 0 unspecified atom stereocenters. The van der Waals surface area contributed by atoms with Crippen molar-refractivity contribution < 1.29 is 18.3 Å². The molecule has 1 heterocycles. The number of carboxylic acids is 1. The minimum absolute atomic E-state index is 0.0215. The molecule has 5 nitrogen and oxygen atoms in total. The maximum atomic E-state index is 12.5. The zero-order chi connectivity index (χ0) is 15.5. The van der Waals surface area contributed by atoms with Crippen LogP contribution in [0, 0.1) is 5.92 Å². The van der Waals surface area contributed by atoms with E-state index in [4.69, 9.17) is 0 Å². The Kier molecular flexibility index (Phi) is 5.00. The van der Waals surface area contributed by atoms with Gasteiger partial charge in [-0.1, -0.05) is 30.3 Å². The molecule has 1 aromatic carbocycles. The second-order valence-electron chi connectivity index (χ2n) is 5.49. The summed E-state index contributed by atoms with van der Waals surface area (Å²) in [4.78, 5) is 11.2. The number of carboxylic acid groups (broad SMARTS) is 1. The van der Waals surface area contributed by atoms with Crippen molar-refractivity contribution in [3.63, 3.8) is 0 Å². The maximum Gasteiger partial charge on any atom is 0.308 e. The number of aryl methyl sites for hydroxylation is 1. The summed E-state index contributed by atoms with van der Waals surface area (Å²) in [6.07, 6.45) is 1.59. The van der Waals surface area contributed by atoms with Gasteiger partial charge < -0.3 is 5.11 Å². The van der Waals surface area contributed by atoms with Crippen molar-refractivity contribution in [2.75, 3.05) is 12.3 Å². The Bertz CT molecular complexity index is 585. The molecule has 2 atom stereocenters. The van der Waals surface area contributed by atoms with E-state index < -0.39 is 28.0 Å². The molecule has 0 radical (unpaired) electrons. The van der Waals surface area contributed by atoms with Crippen molar-refractivity contribution in [2.45, 2.75) is 32.2 Å². The van der Waals surface area contributed by atoms with Gasteiger partial charge in [-0.05, 0) is 31.7 Å². The van der Waals surface area contributed by atoms with Crippen LogP contribution in [0.2, 0.25) is 0 Å². The lowest BCUT2D eigenvalue weighted by Gasteiger charge is -2.36. The average molecular weight is 311 g/mol. The molecule has 0 aliphatic carbocycles. The number of nitrogens with zero attached hydrogens (tertiary/aromatic N) is 1. The van der Waals surface area contributed by atoms with Gasteiger partial charge in [0, 0.05) is 12.6 Å². The van der Waals surface area contributed by atoms with Gasteiger partial charge in [0.15, 0.2) is 0 Å². The molecule has 0 bridgehead atoms. The fourth-order valence-electron chi connectivity index (χ4n) is 2.84. The van der Waals surface area contributed by atoms with Crippen LogP contribution in [0.3, 0.4) is 0 Å². The molecule has 0 amide bonds. The molecular formula is C15H21NO4S. The van der Waals surface area contributed by atoms with Gasteiger partial charge in [0.1, 0.15) is 0 Å². The molecule has 0 spiro atoms. The number of piperidine rings is 1. The van der Waals surface area contributed by atoms with Crippen LogP contribution in [0.15, 0.2) is 30.3 Å². The molecular weight excluding hydrogens is 290 g/mol. The SMILES string of the molecule is C[C@@H]1[C@H](C(=O)O)CCCN1S(=O)(=O)CCc1ccccc1. The topological polar surface area (TPSA) is 74.7 Å². The van der Waals surface area contributed by atoms with Gasteiger partial charge in [-0.25, -0.2) is 8.42 Å². The summed E-state index contributed by atoms with van der Waals surface area (Å²) in [6, 6.07) is 8.97. The van der Waals surface area contributed by atoms with Crippen LogP contribution in [-0.4, -0.2) is 42.1 Å². The number of sulfonamides is 1. The second-order valence-corrected chi connectivity index (χ2v) is 7.53. The molecule has 0 aromatic heterocycles. The number of aliphatic carboxylic acids is 1. The Labute approximate surface area is 125 Å². The van der Waals surface area contributed by atoms with E-state index in [1.807, 2.05) is 30.3 Å². The van der Waals surface area contributed by atoms with Gasteiger partial charge >= 0.3 is 5.97 Å². The average Bonchev–Trinajstić information content (AvgIpc) is 2.46. The standard InChI is InChI=1S/C15H21NO4S/c1-12-14(15(17)18)8-5-10-16(12)21(19,20)11-9-13-6-3-2-4-7-13/h2-4,6-7,12,14H,5,8-11H2,1H3,(H,17,18)/t12-,14-/m1/s1. The van der Waals surface area contributed by atoms with Crippen molar-refractivity contribution in [1.29, 1.82) is 0 Å². The molecule has 1 aromatic rings. The van der Waals surface area contributed by atoms with Crippen molar-refractivity contribution in [3.05, 3.63) is 35.9 Å². The van der Waals surface area contributed by atoms with Crippen LogP contribution in [-0.2, 0) is 21.2 Å². The largest absolute Gasteiger partial charge is 0.481 e. The van der Waals surface area contributed by atoms with Crippen LogP contribution in [0.25, 0.3) is 0 Å². The Hall–Kier alpha value is -1.40. The van der Waals surface area contributed by atoms with E-state index in [1.54, 1.807) is 6.92 Å². The highest BCUT2D eigenvalue weighted by Gasteiger charge is 2.38. The molecule has 1 aliphatic rings. The smallest absolute Gasteiger partial charge is 0.308 e. The first-order valence-corrected chi connectivity index (χ1v) is 8.79. The number of carbonyl (C=O) groups is 1. The van der Waals surface area contributed by atoms with Gasteiger partial charge in [-0.15, -0.1) is 0 Å². The molecule has 1 aliphatic heterocycles. The summed E-state index contributed by atoms with van der Waals surface area (Å²) < 4.78 is 26.3. The quantitative estimate of drug-likeness (QED) is 0.899. The van der Waals surface area contributed by atoms with Gasteiger partial charge in [-0.2, -0.15) is 4.31 Å². The lowest BCUT2D eigenvalue weighted by Crippen LogP contribution is -2.49.